The van der Waals surface area contributed by atoms with Gasteiger partial charge in [-0.3, -0.25) is 9.69 Å². The van der Waals surface area contributed by atoms with Crippen LogP contribution < -0.4 is 4.74 Å². The van der Waals surface area contributed by atoms with Gasteiger partial charge in [-0.05, 0) is 37.8 Å². The van der Waals surface area contributed by atoms with Gasteiger partial charge in [-0.2, -0.15) is 8.78 Å². The number of ether oxygens (including phenoxy) is 2. The van der Waals surface area contributed by atoms with Gasteiger partial charge in [0, 0.05) is 32.2 Å². The van der Waals surface area contributed by atoms with Crippen molar-refractivity contribution in [3.05, 3.63) is 29.8 Å². The lowest BCUT2D eigenvalue weighted by Crippen LogP contribution is -2.46. The normalized spacial score (nSPS) is 21.8. The Morgan fingerprint density at radius 1 is 1.19 bits per heavy atom. The molecule has 2 aliphatic rings. The molecule has 0 aromatic heterocycles. The number of amides is 1. The molecule has 0 spiro atoms. The maximum atomic E-state index is 13.0. The number of carbonyl (C=O) groups excluding carboxylic acids is 1. The fourth-order valence-corrected chi connectivity index (χ4v) is 3.72. The number of carbonyl (C=O) groups is 1. The van der Waals surface area contributed by atoms with Gasteiger partial charge in [0.2, 0.25) is 0 Å². The zero-order valence-corrected chi connectivity index (χ0v) is 14.9. The number of hydrogen-bond acceptors (Lipinski definition) is 4. The molecule has 144 valence electrons. The highest BCUT2D eigenvalue weighted by Gasteiger charge is 2.29. The van der Waals surface area contributed by atoms with E-state index < -0.39 is 6.61 Å². The van der Waals surface area contributed by atoms with Crippen LogP contribution in [0.2, 0.25) is 0 Å². The third-order valence-corrected chi connectivity index (χ3v) is 5.10. The molecule has 1 amide bonds. The third kappa shape index (κ3) is 4.92. The van der Waals surface area contributed by atoms with Crippen LogP contribution in [0.1, 0.15) is 36.0 Å². The molecule has 0 saturated carbocycles. The lowest BCUT2D eigenvalue weighted by atomic mass is 9.97. The van der Waals surface area contributed by atoms with E-state index in [9.17, 15) is 13.6 Å². The SMILES string of the molecule is O=C(c1ccccc1OC(F)F)N1CCCCC1CCN1CCOCC1. The number of likely N-dealkylation sites (tertiary alicyclic amines) is 1. The summed E-state index contributed by atoms with van der Waals surface area (Å²) >= 11 is 0. The Bertz CT molecular complexity index is 594. The maximum absolute atomic E-state index is 13.0. The predicted molar refractivity (Wildman–Crippen MR) is 93.6 cm³/mol. The van der Waals surface area contributed by atoms with E-state index in [1.165, 1.54) is 6.07 Å². The van der Waals surface area contributed by atoms with Crippen LogP contribution in [0.15, 0.2) is 24.3 Å². The summed E-state index contributed by atoms with van der Waals surface area (Å²) < 4.78 is 35.2. The maximum Gasteiger partial charge on any atom is 0.387 e. The van der Waals surface area contributed by atoms with Crippen LogP contribution in [0.5, 0.6) is 5.75 Å². The fraction of sp³-hybridized carbons (Fsp3) is 0.632. The Hall–Kier alpha value is -1.73. The lowest BCUT2D eigenvalue weighted by molar-refractivity contribution is -0.0503. The number of morpholine rings is 1. The Morgan fingerprint density at radius 3 is 2.73 bits per heavy atom. The van der Waals surface area contributed by atoms with Crippen LogP contribution >= 0.6 is 0 Å². The summed E-state index contributed by atoms with van der Waals surface area (Å²) in [7, 11) is 0. The summed E-state index contributed by atoms with van der Waals surface area (Å²) in [6, 6.07) is 6.40. The summed E-state index contributed by atoms with van der Waals surface area (Å²) in [5.74, 6) is -0.266. The largest absolute Gasteiger partial charge is 0.434 e. The molecular formula is C19H26F2N2O3. The number of piperidine rings is 1. The van der Waals surface area contributed by atoms with E-state index in [2.05, 4.69) is 9.64 Å². The van der Waals surface area contributed by atoms with Crippen molar-refractivity contribution in [2.24, 2.45) is 0 Å². The predicted octanol–water partition coefficient (Wildman–Crippen LogP) is 3.01. The van der Waals surface area contributed by atoms with Gasteiger partial charge in [0.15, 0.2) is 0 Å². The van der Waals surface area contributed by atoms with E-state index in [-0.39, 0.29) is 23.3 Å². The molecule has 26 heavy (non-hydrogen) atoms. The third-order valence-electron chi connectivity index (χ3n) is 5.10. The van der Waals surface area contributed by atoms with Crippen molar-refractivity contribution in [1.82, 2.24) is 9.80 Å². The number of hydrogen-bond donors (Lipinski definition) is 0. The summed E-state index contributed by atoms with van der Waals surface area (Å²) in [6.45, 7) is 2.00. The molecule has 2 heterocycles. The summed E-state index contributed by atoms with van der Waals surface area (Å²) in [5.41, 5.74) is 0.214. The molecule has 2 fully saturated rings. The molecule has 2 saturated heterocycles. The monoisotopic (exact) mass is 368 g/mol. The number of halogens is 2. The quantitative estimate of drug-likeness (QED) is 0.774. The molecule has 1 atom stereocenters. The number of alkyl halides is 2. The van der Waals surface area contributed by atoms with Gasteiger partial charge in [-0.25, -0.2) is 0 Å². The van der Waals surface area contributed by atoms with Crippen molar-refractivity contribution in [2.45, 2.75) is 38.3 Å². The van der Waals surface area contributed by atoms with E-state index in [1.807, 2.05) is 4.90 Å². The van der Waals surface area contributed by atoms with Crippen LogP contribution in [-0.2, 0) is 4.74 Å². The minimum Gasteiger partial charge on any atom is -0.434 e. The van der Waals surface area contributed by atoms with Crippen molar-refractivity contribution in [1.29, 1.82) is 0 Å². The van der Waals surface area contributed by atoms with Crippen LogP contribution in [-0.4, -0.2) is 67.8 Å². The minimum atomic E-state index is -2.94. The zero-order valence-electron chi connectivity index (χ0n) is 14.9. The summed E-state index contributed by atoms with van der Waals surface area (Å²) in [5, 5.41) is 0. The summed E-state index contributed by atoms with van der Waals surface area (Å²) in [6.07, 6.45) is 3.88. The van der Waals surface area contributed by atoms with Crippen molar-refractivity contribution >= 4 is 5.91 Å². The topological polar surface area (TPSA) is 42.0 Å². The van der Waals surface area contributed by atoms with Crippen LogP contribution in [0.25, 0.3) is 0 Å². The first-order valence-electron chi connectivity index (χ1n) is 9.30. The Kier molecular flexibility index (Phi) is 6.80. The van der Waals surface area contributed by atoms with Gasteiger partial charge in [-0.1, -0.05) is 12.1 Å². The molecular weight excluding hydrogens is 342 g/mol. The van der Waals surface area contributed by atoms with Gasteiger partial charge in [-0.15, -0.1) is 0 Å². The second-order valence-corrected chi connectivity index (χ2v) is 6.77. The first-order chi connectivity index (χ1) is 12.6. The highest BCUT2D eigenvalue weighted by molar-refractivity contribution is 5.97. The molecule has 0 N–H and O–H groups in total. The number of para-hydroxylation sites is 1. The molecule has 1 unspecified atom stereocenters. The molecule has 3 rings (SSSR count). The van der Waals surface area contributed by atoms with Crippen molar-refractivity contribution in [3.8, 4) is 5.75 Å². The number of benzene rings is 1. The second-order valence-electron chi connectivity index (χ2n) is 6.77. The number of nitrogens with zero attached hydrogens (tertiary/aromatic N) is 2. The average molecular weight is 368 g/mol. The molecule has 0 radical (unpaired) electrons. The van der Waals surface area contributed by atoms with Crippen LogP contribution in [0, 0.1) is 0 Å². The van der Waals surface area contributed by atoms with Gasteiger partial charge in [0.05, 0.1) is 18.8 Å². The van der Waals surface area contributed by atoms with Crippen molar-refractivity contribution in [2.75, 3.05) is 39.4 Å². The first-order valence-corrected chi connectivity index (χ1v) is 9.30. The summed E-state index contributed by atoms with van der Waals surface area (Å²) in [4.78, 5) is 17.2. The highest BCUT2D eigenvalue weighted by atomic mass is 19.3. The van der Waals surface area contributed by atoms with E-state index in [1.54, 1.807) is 18.2 Å². The molecule has 7 heteroatoms. The first kappa shape index (κ1) is 19.0. The van der Waals surface area contributed by atoms with E-state index in [0.29, 0.717) is 6.54 Å². The molecule has 0 aliphatic carbocycles. The zero-order chi connectivity index (χ0) is 18.4. The fourth-order valence-electron chi connectivity index (χ4n) is 3.72. The second kappa shape index (κ2) is 9.28. The molecule has 1 aromatic rings. The van der Waals surface area contributed by atoms with Crippen LogP contribution in [0.3, 0.4) is 0 Å². The molecule has 2 aliphatic heterocycles. The van der Waals surface area contributed by atoms with Gasteiger partial charge in [0.1, 0.15) is 5.75 Å². The standard InChI is InChI=1S/C19H26F2N2O3/c20-19(21)26-17-7-2-1-6-16(17)18(24)23-9-4-3-5-15(23)8-10-22-11-13-25-14-12-22/h1-2,6-7,15,19H,3-5,8-14H2. The van der Waals surface area contributed by atoms with Crippen LogP contribution in [0.4, 0.5) is 8.78 Å². The van der Waals surface area contributed by atoms with Crippen molar-refractivity contribution < 1.29 is 23.0 Å². The molecule has 0 bridgehead atoms. The van der Waals surface area contributed by atoms with Gasteiger partial charge in [0.25, 0.3) is 5.91 Å². The molecule has 1 aromatic carbocycles. The Morgan fingerprint density at radius 2 is 1.96 bits per heavy atom. The van der Waals surface area contributed by atoms with Gasteiger partial charge < -0.3 is 14.4 Å². The Labute approximate surface area is 152 Å². The number of rotatable bonds is 6. The molecule has 5 nitrogen and oxygen atoms in total. The van der Waals surface area contributed by atoms with E-state index in [0.717, 1.165) is 58.5 Å². The Balaban J connectivity index is 1.67. The lowest BCUT2D eigenvalue weighted by Gasteiger charge is -2.37. The average Bonchev–Trinajstić information content (AvgIpc) is 2.67. The van der Waals surface area contributed by atoms with Crippen molar-refractivity contribution in [3.63, 3.8) is 0 Å². The van der Waals surface area contributed by atoms with E-state index >= 15 is 0 Å². The van der Waals surface area contributed by atoms with E-state index in [4.69, 9.17) is 4.74 Å². The smallest absolute Gasteiger partial charge is 0.387 e. The minimum absolute atomic E-state index is 0.0509. The van der Waals surface area contributed by atoms with Gasteiger partial charge >= 0.3 is 6.61 Å². The highest BCUT2D eigenvalue weighted by Crippen LogP contribution is 2.27.